The van der Waals surface area contributed by atoms with E-state index in [2.05, 4.69) is 5.10 Å². The molecule has 2 aromatic heterocycles. The highest BCUT2D eigenvalue weighted by molar-refractivity contribution is 7.99. The molecule has 0 fully saturated rings. The molecule has 0 amide bonds. The Balaban J connectivity index is 2.07. The Morgan fingerprint density at radius 2 is 2.16 bits per heavy atom. The Labute approximate surface area is 111 Å². The molecule has 0 aliphatic heterocycles. The highest BCUT2D eigenvalue weighted by Crippen LogP contribution is 2.03. The number of nitrogens with zero attached hydrogens (tertiary/aromatic N) is 3. The lowest BCUT2D eigenvalue weighted by molar-refractivity contribution is -0.136. The number of carboxylic acids is 1. The monoisotopic (exact) mass is 281 g/mol. The van der Waals surface area contributed by atoms with E-state index in [0.29, 0.717) is 11.4 Å². The molecule has 8 heteroatoms. The zero-order chi connectivity index (χ0) is 13.8. The van der Waals surface area contributed by atoms with Crippen LogP contribution in [-0.4, -0.2) is 42.7 Å². The van der Waals surface area contributed by atoms with Crippen molar-refractivity contribution in [1.82, 2.24) is 14.2 Å². The Hall–Kier alpha value is -2.09. The van der Waals surface area contributed by atoms with Gasteiger partial charge in [-0.05, 0) is 12.1 Å². The molecule has 2 aromatic rings. The summed E-state index contributed by atoms with van der Waals surface area (Å²) in [6.07, 6.45) is 1.52. The van der Waals surface area contributed by atoms with Gasteiger partial charge in [-0.25, -0.2) is 9.20 Å². The first-order chi connectivity index (χ1) is 9.09. The third-order valence-electron chi connectivity index (χ3n) is 2.35. The summed E-state index contributed by atoms with van der Waals surface area (Å²) in [7, 11) is 0. The summed E-state index contributed by atoms with van der Waals surface area (Å²) in [6.45, 7) is 0. The molecule has 0 saturated heterocycles. The van der Waals surface area contributed by atoms with Crippen molar-refractivity contribution in [1.29, 1.82) is 0 Å². The van der Waals surface area contributed by atoms with Gasteiger partial charge in [0.15, 0.2) is 5.65 Å². The molecular formula is C11H11N3O4S. The maximum atomic E-state index is 11.9. The van der Waals surface area contributed by atoms with Gasteiger partial charge in [-0.3, -0.25) is 9.59 Å². The Morgan fingerprint density at radius 3 is 2.84 bits per heavy atom. The van der Waals surface area contributed by atoms with E-state index in [0.717, 1.165) is 16.4 Å². The van der Waals surface area contributed by atoms with Crippen LogP contribution < -0.4 is 5.69 Å². The number of thioether (sulfide) groups is 1. The molecule has 7 nitrogen and oxygen atoms in total. The summed E-state index contributed by atoms with van der Waals surface area (Å²) >= 11 is 1.16. The van der Waals surface area contributed by atoms with Crippen LogP contribution in [0.15, 0.2) is 29.2 Å². The van der Waals surface area contributed by atoms with Gasteiger partial charge >= 0.3 is 11.7 Å². The molecule has 0 saturated carbocycles. The fraction of sp³-hybridized carbons (Fsp3) is 0.273. The molecule has 0 aliphatic rings. The van der Waals surface area contributed by atoms with Gasteiger partial charge < -0.3 is 5.11 Å². The predicted molar refractivity (Wildman–Crippen MR) is 69.7 cm³/mol. The van der Waals surface area contributed by atoms with Gasteiger partial charge in [0.2, 0.25) is 0 Å². The minimum atomic E-state index is -0.912. The van der Waals surface area contributed by atoms with Gasteiger partial charge in [0.25, 0.3) is 5.91 Å². The lowest BCUT2D eigenvalue weighted by atomic mass is 10.5. The van der Waals surface area contributed by atoms with E-state index in [1.54, 1.807) is 18.2 Å². The number of fused-ring (bicyclic) bond motifs is 1. The fourth-order valence-electron chi connectivity index (χ4n) is 1.47. The van der Waals surface area contributed by atoms with E-state index in [1.165, 1.54) is 10.6 Å². The smallest absolute Gasteiger partial charge is 0.357 e. The van der Waals surface area contributed by atoms with E-state index in [1.807, 2.05) is 0 Å². The summed E-state index contributed by atoms with van der Waals surface area (Å²) in [4.78, 5) is 34.0. The number of rotatable bonds is 5. The molecule has 0 aromatic carbocycles. The first-order valence-corrected chi connectivity index (χ1v) is 6.64. The number of aromatic nitrogens is 3. The van der Waals surface area contributed by atoms with Crippen LogP contribution in [0.4, 0.5) is 0 Å². The van der Waals surface area contributed by atoms with Crippen molar-refractivity contribution < 1.29 is 14.7 Å². The number of carbonyl (C=O) groups excluding carboxylic acids is 1. The number of pyridine rings is 1. The second-order valence-corrected chi connectivity index (χ2v) is 4.82. The lowest BCUT2D eigenvalue weighted by Gasteiger charge is -1.97. The molecule has 100 valence electrons. The highest BCUT2D eigenvalue weighted by atomic mass is 32.2. The van der Waals surface area contributed by atoms with Gasteiger partial charge in [-0.2, -0.15) is 11.8 Å². The largest absolute Gasteiger partial charge is 0.481 e. The maximum absolute atomic E-state index is 11.9. The molecule has 2 heterocycles. The van der Waals surface area contributed by atoms with Crippen LogP contribution in [0.5, 0.6) is 0 Å². The second-order valence-electron chi connectivity index (χ2n) is 3.71. The highest BCUT2D eigenvalue weighted by Gasteiger charge is 2.13. The van der Waals surface area contributed by atoms with Crippen molar-refractivity contribution in [3.63, 3.8) is 0 Å². The number of hydrogen-bond acceptors (Lipinski definition) is 5. The van der Waals surface area contributed by atoms with E-state index in [4.69, 9.17) is 5.11 Å². The average molecular weight is 281 g/mol. The van der Waals surface area contributed by atoms with Crippen LogP contribution in [0, 0.1) is 0 Å². The molecule has 1 N–H and O–H groups in total. The van der Waals surface area contributed by atoms with Crippen molar-refractivity contribution in [2.75, 3.05) is 11.5 Å². The van der Waals surface area contributed by atoms with Crippen LogP contribution in [0.1, 0.15) is 11.2 Å². The SMILES string of the molecule is O=C(O)CCSCC(=O)n1nc2ccccn2c1=O. The van der Waals surface area contributed by atoms with Crippen molar-refractivity contribution in [3.8, 4) is 0 Å². The Bertz CT molecular complexity index is 676. The predicted octanol–water partition coefficient (Wildman–Crippen LogP) is 0.344. The summed E-state index contributed by atoms with van der Waals surface area (Å²) in [5.41, 5.74) is -0.115. The first kappa shape index (κ1) is 13.3. The lowest BCUT2D eigenvalue weighted by Crippen LogP contribution is -2.28. The second kappa shape index (κ2) is 5.70. The number of carboxylic acid groups (broad SMARTS) is 1. The van der Waals surface area contributed by atoms with Crippen LogP contribution in [0.2, 0.25) is 0 Å². The van der Waals surface area contributed by atoms with Crippen molar-refractivity contribution >= 4 is 29.3 Å². The van der Waals surface area contributed by atoms with Gasteiger partial charge in [0.1, 0.15) is 0 Å². The molecule has 0 atom stereocenters. The first-order valence-electron chi connectivity index (χ1n) is 5.49. The van der Waals surface area contributed by atoms with E-state index in [-0.39, 0.29) is 12.2 Å². The zero-order valence-corrected chi connectivity index (χ0v) is 10.7. The average Bonchev–Trinajstić information content (AvgIpc) is 2.72. The minimum Gasteiger partial charge on any atom is -0.481 e. The summed E-state index contributed by atoms with van der Waals surface area (Å²) in [6, 6.07) is 5.02. The van der Waals surface area contributed by atoms with E-state index < -0.39 is 17.6 Å². The molecule has 19 heavy (non-hydrogen) atoms. The molecule has 0 spiro atoms. The third-order valence-corrected chi connectivity index (χ3v) is 3.29. The van der Waals surface area contributed by atoms with Crippen molar-refractivity contribution in [3.05, 3.63) is 34.9 Å². The summed E-state index contributed by atoms with van der Waals surface area (Å²) in [5.74, 6) is -1.02. The van der Waals surface area contributed by atoms with Crippen LogP contribution in [-0.2, 0) is 4.79 Å². The molecule has 0 bridgehead atoms. The number of aliphatic carboxylic acids is 1. The molecule has 0 unspecified atom stereocenters. The van der Waals surface area contributed by atoms with Crippen LogP contribution in [0.3, 0.4) is 0 Å². The molecule has 0 aliphatic carbocycles. The zero-order valence-electron chi connectivity index (χ0n) is 9.85. The fourth-order valence-corrected chi connectivity index (χ4v) is 2.23. The quantitative estimate of drug-likeness (QED) is 0.794. The summed E-state index contributed by atoms with van der Waals surface area (Å²) in [5, 5.41) is 12.4. The van der Waals surface area contributed by atoms with Crippen molar-refractivity contribution in [2.24, 2.45) is 0 Å². The van der Waals surface area contributed by atoms with E-state index >= 15 is 0 Å². The van der Waals surface area contributed by atoms with Gasteiger partial charge in [-0.15, -0.1) is 9.78 Å². The Morgan fingerprint density at radius 1 is 1.37 bits per heavy atom. The standard InChI is InChI=1S/C11H11N3O4S/c15-9(7-19-6-4-10(16)17)14-11(18)13-5-2-1-3-8(13)12-14/h1-3,5H,4,6-7H2,(H,16,17). The number of carbonyl (C=O) groups is 2. The van der Waals surface area contributed by atoms with Crippen molar-refractivity contribution in [2.45, 2.75) is 6.42 Å². The van der Waals surface area contributed by atoms with Gasteiger partial charge in [0.05, 0.1) is 12.2 Å². The topological polar surface area (TPSA) is 93.7 Å². The molecular weight excluding hydrogens is 270 g/mol. The van der Waals surface area contributed by atoms with Gasteiger partial charge in [-0.1, -0.05) is 6.07 Å². The Kier molecular flexibility index (Phi) is 4.00. The van der Waals surface area contributed by atoms with Crippen LogP contribution in [0.25, 0.3) is 5.65 Å². The van der Waals surface area contributed by atoms with E-state index in [9.17, 15) is 14.4 Å². The van der Waals surface area contributed by atoms with Gasteiger partial charge in [0, 0.05) is 11.9 Å². The number of hydrogen-bond donors (Lipinski definition) is 1. The maximum Gasteiger partial charge on any atom is 0.357 e. The summed E-state index contributed by atoms with van der Waals surface area (Å²) < 4.78 is 2.09. The molecule has 0 radical (unpaired) electrons. The molecule has 2 rings (SSSR count). The normalized spacial score (nSPS) is 10.7. The minimum absolute atomic E-state index is 0.0159. The van der Waals surface area contributed by atoms with Crippen LogP contribution >= 0.6 is 11.8 Å². The third kappa shape index (κ3) is 3.02.